The molecular weight excluding hydrogens is 488 g/mol. The van der Waals surface area contributed by atoms with E-state index in [1.54, 1.807) is 26.0 Å². The van der Waals surface area contributed by atoms with E-state index in [1.165, 1.54) is 32.1 Å². The monoisotopic (exact) mass is 538 g/mol. The van der Waals surface area contributed by atoms with Gasteiger partial charge in [0, 0.05) is 6.42 Å². The minimum Gasteiger partial charge on any atom is -0.478 e. The molecule has 5 nitrogen and oxygen atoms in total. The van der Waals surface area contributed by atoms with Gasteiger partial charge in [0.15, 0.2) is 5.78 Å². The highest BCUT2D eigenvalue weighted by atomic mass is 16.4. The van der Waals surface area contributed by atoms with Crippen molar-refractivity contribution in [2.45, 2.75) is 116 Å². The molecule has 0 radical (unpaired) electrons. The van der Waals surface area contributed by atoms with Gasteiger partial charge in [-0.1, -0.05) is 39.0 Å². The molecule has 4 aliphatic carbocycles. The molecule has 216 valence electrons. The highest BCUT2D eigenvalue weighted by molar-refractivity contribution is 5.89. The normalized spacial score (nSPS) is 40.7. The summed E-state index contributed by atoms with van der Waals surface area (Å²) < 4.78 is 0. The van der Waals surface area contributed by atoms with Crippen molar-refractivity contribution in [1.82, 2.24) is 0 Å². The summed E-state index contributed by atoms with van der Waals surface area (Å²) in [7, 11) is 0. The minimum atomic E-state index is -1.24. The average molecular weight is 539 g/mol. The SMILES string of the molecule is C[C@H](CCC(=O)C(C)(C)O)[C@H]1CC[C@H]2[C@@H]3CC[C@@H]4C[C@@](O)(c5ccccc5C(=O)O)CC[C@]4(C)[C@H]3CC[C@]12C. The molecule has 0 bridgehead atoms. The molecule has 0 aromatic heterocycles. The lowest BCUT2D eigenvalue weighted by atomic mass is 9.43. The summed E-state index contributed by atoms with van der Waals surface area (Å²) in [5.74, 6) is 2.62. The number of fused-ring (bicyclic) bond motifs is 5. The molecule has 4 saturated carbocycles. The van der Waals surface area contributed by atoms with E-state index in [4.69, 9.17) is 0 Å². The molecule has 4 aliphatic rings. The van der Waals surface area contributed by atoms with Crippen LogP contribution in [0.5, 0.6) is 0 Å². The largest absolute Gasteiger partial charge is 0.478 e. The third-order valence-electron chi connectivity index (χ3n) is 12.7. The van der Waals surface area contributed by atoms with Crippen molar-refractivity contribution in [1.29, 1.82) is 0 Å². The van der Waals surface area contributed by atoms with Gasteiger partial charge in [-0.15, -0.1) is 0 Å². The number of benzene rings is 1. The van der Waals surface area contributed by atoms with Crippen molar-refractivity contribution in [3.63, 3.8) is 0 Å². The van der Waals surface area contributed by atoms with Crippen molar-refractivity contribution >= 4 is 11.8 Å². The number of aromatic carboxylic acids is 1. The van der Waals surface area contributed by atoms with Crippen LogP contribution in [0.15, 0.2) is 24.3 Å². The fourth-order valence-electron chi connectivity index (χ4n) is 10.4. The second-order valence-corrected chi connectivity index (χ2v) is 15.0. The van der Waals surface area contributed by atoms with Crippen LogP contribution in [0, 0.1) is 46.3 Å². The van der Waals surface area contributed by atoms with Crippen LogP contribution in [0.25, 0.3) is 0 Å². The van der Waals surface area contributed by atoms with Gasteiger partial charge in [0.1, 0.15) is 5.60 Å². The molecule has 1 aromatic rings. The van der Waals surface area contributed by atoms with Crippen molar-refractivity contribution in [2.24, 2.45) is 46.3 Å². The Hall–Kier alpha value is -1.72. The van der Waals surface area contributed by atoms with Gasteiger partial charge in [0.2, 0.25) is 0 Å². The number of Topliss-reactive ketones (excluding diaryl/α,β-unsaturated/α-hetero) is 1. The van der Waals surface area contributed by atoms with E-state index >= 15 is 0 Å². The third kappa shape index (κ3) is 4.80. The number of ketones is 1. The first-order chi connectivity index (χ1) is 18.2. The Kier molecular flexibility index (Phi) is 7.37. The fraction of sp³-hybridized carbons (Fsp3) is 0.765. The second-order valence-electron chi connectivity index (χ2n) is 15.0. The maximum Gasteiger partial charge on any atom is 0.336 e. The van der Waals surface area contributed by atoms with E-state index in [-0.39, 0.29) is 16.8 Å². The van der Waals surface area contributed by atoms with Crippen LogP contribution in [0.2, 0.25) is 0 Å². The average Bonchev–Trinajstić information content (AvgIpc) is 3.24. The van der Waals surface area contributed by atoms with Crippen molar-refractivity contribution in [3.8, 4) is 0 Å². The lowest BCUT2D eigenvalue weighted by Crippen LogP contribution is -2.55. The van der Waals surface area contributed by atoms with Gasteiger partial charge in [-0.2, -0.15) is 0 Å². The van der Waals surface area contributed by atoms with E-state index in [2.05, 4.69) is 20.8 Å². The van der Waals surface area contributed by atoms with Crippen LogP contribution in [0.1, 0.15) is 121 Å². The molecule has 4 fully saturated rings. The maximum atomic E-state index is 12.4. The van der Waals surface area contributed by atoms with E-state index in [1.807, 2.05) is 12.1 Å². The Labute approximate surface area is 234 Å². The van der Waals surface area contributed by atoms with Crippen LogP contribution >= 0.6 is 0 Å². The number of carbonyl (C=O) groups excluding carboxylic acids is 1. The quantitative estimate of drug-likeness (QED) is 0.348. The maximum absolute atomic E-state index is 12.4. The molecular formula is C34H50O5. The van der Waals surface area contributed by atoms with Gasteiger partial charge in [-0.25, -0.2) is 4.79 Å². The zero-order valence-corrected chi connectivity index (χ0v) is 24.7. The summed E-state index contributed by atoms with van der Waals surface area (Å²) in [6.45, 7) is 10.6. The highest BCUT2D eigenvalue weighted by Crippen LogP contribution is 2.69. The number of carboxylic acid groups (broad SMARTS) is 1. The first-order valence-corrected chi connectivity index (χ1v) is 15.5. The Morgan fingerprint density at radius 3 is 2.36 bits per heavy atom. The number of carbonyl (C=O) groups is 2. The van der Waals surface area contributed by atoms with Crippen LogP contribution in [-0.4, -0.2) is 32.7 Å². The van der Waals surface area contributed by atoms with Crippen LogP contribution < -0.4 is 0 Å². The van der Waals surface area contributed by atoms with E-state index in [9.17, 15) is 24.9 Å². The summed E-state index contributed by atoms with van der Waals surface area (Å²) in [6.07, 6.45) is 10.9. The molecule has 0 aliphatic heterocycles. The van der Waals surface area contributed by atoms with Gasteiger partial charge >= 0.3 is 5.97 Å². The highest BCUT2D eigenvalue weighted by Gasteiger charge is 2.62. The van der Waals surface area contributed by atoms with Crippen molar-refractivity contribution in [2.75, 3.05) is 0 Å². The molecule has 0 saturated heterocycles. The van der Waals surface area contributed by atoms with Gasteiger partial charge in [0.05, 0.1) is 11.2 Å². The zero-order valence-electron chi connectivity index (χ0n) is 24.7. The fourth-order valence-corrected chi connectivity index (χ4v) is 10.4. The minimum absolute atomic E-state index is 0.0489. The summed E-state index contributed by atoms with van der Waals surface area (Å²) in [5, 5.41) is 31.7. The molecule has 39 heavy (non-hydrogen) atoms. The van der Waals surface area contributed by atoms with E-state index in [0.29, 0.717) is 53.9 Å². The Morgan fingerprint density at radius 2 is 1.67 bits per heavy atom. The predicted octanol–water partition coefficient (Wildman–Crippen LogP) is 6.99. The number of carboxylic acids is 1. The molecule has 0 heterocycles. The van der Waals surface area contributed by atoms with Gasteiger partial charge < -0.3 is 15.3 Å². The Bertz CT molecular complexity index is 1110. The Morgan fingerprint density at radius 1 is 0.974 bits per heavy atom. The number of hydrogen-bond acceptors (Lipinski definition) is 4. The molecule has 1 aromatic carbocycles. The molecule has 3 N–H and O–H groups in total. The smallest absolute Gasteiger partial charge is 0.336 e. The third-order valence-corrected chi connectivity index (χ3v) is 12.7. The molecule has 0 unspecified atom stereocenters. The lowest BCUT2D eigenvalue weighted by molar-refractivity contribution is -0.155. The molecule has 5 heteroatoms. The van der Waals surface area contributed by atoms with Crippen molar-refractivity contribution in [3.05, 3.63) is 35.4 Å². The summed E-state index contributed by atoms with van der Waals surface area (Å²) in [5.41, 5.74) is -0.969. The summed E-state index contributed by atoms with van der Waals surface area (Å²) >= 11 is 0. The van der Waals surface area contributed by atoms with Crippen LogP contribution in [0.3, 0.4) is 0 Å². The first-order valence-electron chi connectivity index (χ1n) is 15.5. The number of hydrogen-bond donors (Lipinski definition) is 3. The second kappa shape index (κ2) is 9.98. The van der Waals surface area contributed by atoms with Crippen LogP contribution in [-0.2, 0) is 10.4 Å². The summed E-state index contributed by atoms with van der Waals surface area (Å²) in [6, 6.07) is 7.04. The van der Waals surface area contributed by atoms with Gasteiger partial charge in [-0.05, 0) is 136 Å². The van der Waals surface area contributed by atoms with Gasteiger partial charge in [0.25, 0.3) is 0 Å². The topological polar surface area (TPSA) is 94.8 Å². The lowest BCUT2D eigenvalue weighted by Gasteiger charge is -2.62. The molecule has 9 atom stereocenters. The predicted molar refractivity (Wildman–Crippen MR) is 152 cm³/mol. The van der Waals surface area contributed by atoms with Crippen LogP contribution in [0.4, 0.5) is 0 Å². The molecule has 0 spiro atoms. The Balaban J connectivity index is 1.31. The molecule has 0 amide bonds. The standard InChI is InChI=1S/C34H50O5/c1-21(10-15-29(35)31(2,3)38)25-13-14-26-23-12-11-22-20-34(39,28-9-7-6-8-24(28)30(36)37)19-18-32(22,4)27(23)16-17-33(25,26)5/h6-9,21-23,25-27,38-39H,10-20H2,1-5H3,(H,36,37)/t21-,22-,23+,25-,26+,27+,32+,33-,34-/m1/s1. The van der Waals surface area contributed by atoms with Crippen molar-refractivity contribution < 1.29 is 24.9 Å². The summed E-state index contributed by atoms with van der Waals surface area (Å²) in [4.78, 5) is 24.3. The zero-order chi connectivity index (χ0) is 28.4. The van der Waals surface area contributed by atoms with E-state index < -0.39 is 17.2 Å². The number of aliphatic hydroxyl groups is 2. The first kappa shape index (κ1) is 28.8. The van der Waals surface area contributed by atoms with E-state index in [0.717, 1.165) is 31.1 Å². The number of rotatable bonds is 7. The molecule has 5 rings (SSSR count). The van der Waals surface area contributed by atoms with Gasteiger partial charge in [-0.3, -0.25) is 4.79 Å².